The average molecular weight is 358 g/mol. The van der Waals surface area contributed by atoms with Crippen LogP contribution in [0.1, 0.15) is 37.0 Å². The van der Waals surface area contributed by atoms with Gasteiger partial charge in [-0.25, -0.2) is 9.48 Å². The van der Waals surface area contributed by atoms with Crippen molar-refractivity contribution < 1.29 is 9.90 Å². The van der Waals surface area contributed by atoms with Gasteiger partial charge in [0.15, 0.2) is 5.69 Å². The third-order valence-corrected chi connectivity index (χ3v) is 3.85. The van der Waals surface area contributed by atoms with Crippen LogP contribution in [0.3, 0.4) is 0 Å². The fourth-order valence-electron chi connectivity index (χ4n) is 1.98. The summed E-state index contributed by atoms with van der Waals surface area (Å²) in [5.41, 5.74) is 0.954. The van der Waals surface area contributed by atoms with E-state index in [2.05, 4.69) is 21.0 Å². The molecule has 0 fully saturated rings. The number of para-hydroxylation sites is 1. The molecule has 1 aromatic heterocycles. The van der Waals surface area contributed by atoms with Crippen LogP contribution in [0.25, 0.3) is 5.69 Å². The van der Waals surface area contributed by atoms with E-state index in [-0.39, 0.29) is 16.1 Å². The van der Waals surface area contributed by atoms with Crippen molar-refractivity contribution in [1.29, 1.82) is 0 Å². The molecule has 0 amide bonds. The van der Waals surface area contributed by atoms with E-state index in [1.807, 2.05) is 45.0 Å². The summed E-state index contributed by atoms with van der Waals surface area (Å²) in [6.07, 6.45) is 0. The van der Waals surface area contributed by atoms with Gasteiger partial charge < -0.3 is 5.11 Å². The number of carboxylic acids is 1. The topological polar surface area (TPSA) is 55.1 Å². The largest absolute Gasteiger partial charge is 0.476 e. The smallest absolute Gasteiger partial charge is 0.358 e. The second-order valence-corrected chi connectivity index (χ2v) is 6.66. The van der Waals surface area contributed by atoms with E-state index in [1.165, 1.54) is 0 Å². The van der Waals surface area contributed by atoms with Gasteiger partial charge in [-0.2, -0.15) is 5.10 Å². The number of carbonyl (C=O) groups is 1. The van der Waals surface area contributed by atoms with Crippen LogP contribution in [0.15, 0.2) is 28.7 Å². The molecule has 1 heterocycles. The zero-order valence-electron chi connectivity index (χ0n) is 11.3. The van der Waals surface area contributed by atoms with Gasteiger partial charge in [0.1, 0.15) is 0 Å². The van der Waals surface area contributed by atoms with Crippen molar-refractivity contribution in [3.63, 3.8) is 0 Å². The van der Waals surface area contributed by atoms with Gasteiger partial charge in [0.25, 0.3) is 0 Å². The molecule has 1 aromatic carbocycles. The molecule has 0 aliphatic rings. The van der Waals surface area contributed by atoms with Crippen LogP contribution in [0.5, 0.6) is 0 Å². The minimum Gasteiger partial charge on any atom is -0.476 e. The first-order chi connectivity index (χ1) is 9.23. The Labute approximate surface area is 130 Å². The van der Waals surface area contributed by atoms with E-state index >= 15 is 0 Å². The lowest BCUT2D eigenvalue weighted by atomic mass is 9.91. The number of halogens is 2. The van der Waals surface area contributed by atoms with E-state index in [1.54, 1.807) is 4.68 Å². The summed E-state index contributed by atoms with van der Waals surface area (Å²) < 4.78 is 2.41. The maximum absolute atomic E-state index is 11.3. The highest BCUT2D eigenvalue weighted by Crippen LogP contribution is 2.35. The van der Waals surface area contributed by atoms with Crippen LogP contribution in [0.4, 0.5) is 0 Å². The number of carboxylic acid groups (broad SMARTS) is 1. The Morgan fingerprint density at radius 3 is 2.45 bits per heavy atom. The summed E-state index contributed by atoms with van der Waals surface area (Å²) in [4.78, 5) is 11.3. The van der Waals surface area contributed by atoms with Gasteiger partial charge in [-0.15, -0.1) is 0 Å². The lowest BCUT2D eigenvalue weighted by Crippen LogP contribution is -2.18. The first-order valence-electron chi connectivity index (χ1n) is 6.00. The molecule has 0 aliphatic carbocycles. The maximum atomic E-state index is 11.3. The van der Waals surface area contributed by atoms with Gasteiger partial charge in [-0.3, -0.25) is 0 Å². The van der Waals surface area contributed by atoms with E-state index < -0.39 is 5.97 Å². The number of aromatic nitrogens is 2. The summed E-state index contributed by atoms with van der Waals surface area (Å²) in [5.74, 6) is -1.13. The fraction of sp³-hybridized carbons (Fsp3) is 0.286. The van der Waals surface area contributed by atoms with Crippen LogP contribution in [-0.4, -0.2) is 20.9 Å². The minimum absolute atomic E-state index is 0.132. The Balaban J connectivity index is 2.80. The lowest BCUT2D eigenvalue weighted by molar-refractivity contribution is 0.0690. The Hall–Kier alpha value is -1.33. The van der Waals surface area contributed by atoms with Crippen LogP contribution in [-0.2, 0) is 5.41 Å². The normalized spacial score (nSPS) is 11.7. The summed E-state index contributed by atoms with van der Waals surface area (Å²) in [7, 11) is 0. The summed E-state index contributed by atoms with van der Waals surface area (Å²) in [6.45, 7) is 5.90. The number of rotatable bonds is 2. The molecular formula is C14H14BrClN2O2. The maximum Gasteiger partial charge on any atom is 0.358 e. The van der Waals surface area contributed by atoms with Gasteiger partial charge in [0, 0.05) is 9.89 Å². The Morgan fingerprint density at radius 1 is 1.35 bits per heavy atom. The highest BCUT2D eigenvalue weighted by atomic mass is 79.9. The molecule has 0 radical (unpaired) electrons. The number of nitrogens with zero attached hydrogens (tertiary/aromatic N) is 2. The van der Waals surface area contributed by atoms with Crippen molar-refractivity contribution in [2.24, 2.45) is 0 Å². The third kappa shape index (κ3) is 2.60. The molecule has 106 valence electrons. The van der Waals surface area contributed by atoms with Crippen LogP contribution >= 0.6 is 27.5 Å². The van der Waals surface area contributed by atoms with Crippen molar-refractivity contribution >= 4 is 33.5 Å². The van der Waals surface area contributed by atoms with Crippen LogP contribution < -0.4 is 0 Å². The minimum atomic E-state index is -1.13. The molecule has 0 aliphatic heterocycles. The molecule has 4 nitrogen and oxygen atoms in total. The molecule has 0 bridgehead atoms. The fourth-order valence-corrected chi connectivity index (χ4v) is 2.92. The number of hydrogen-bond acceptors (Lipinski definition) is 2. The van der Waals surface area contributed by atoms with Crippen molar-refractivity contribution in [1.82, 2.24) is 9.78 Å². The molecule has 20 heavy (non-hydrogen) atoms. The van der Waals surface area contributed by atoms with E-state index in [0.717, 1.165) is 10.2 Å². The monoisotopic (exact) mass is 356 g/mol. The average Bonchev–Trinajstić information content (AvgIpc) is 2.67. The Morgan fingerprint density at radius 2 is 1.95 bits per heavy atom. The summed E-state index contributed by atoms with van der Waals surface area (Å²) in [6, 6.07) is 7.47. The van der Waals surface area contributed by atoms with Crippen molar-refractivity contribution in [3.8, 4) is 5.69 Å². The number of hydrogen-bond donors (Lipinski definition) is 1. The lowest BCUT2D eigenvalue weighted by Gasteiger charge is -2.21. The van der Waals surface area contributed by atoms with E-state index in [0.29, 0.717) is 5.69 Å². The summed E-state index contributed by atoms with van der Waals surface area (Å²) in [5, 5.41) is 13.6. The van der Waals surface area contributed by atoms with Gasteiger partial charge >= 0.3 is 5.97 Å². The standard InChI is InChI=1S/C14H14BrClN2O2/c1-14(2,3)12-10(16)11(13(19)20)17-18(12)9-7-5-4-6-8(9)15/h4-7H,1-3H3,(H,19,20). The number of aromatic carboxylic acids is 1. The predicted octanol–water partition coefficient (Wildman–Crippen LogP) is 4.28. The second kappa shape index (κ2) is 5.22. The molecule has 2 aromatic rings. The van der Waals surface area contributed by atoms with Crippen LogP contribution in [0.2, 0.25) is 5.02 Å². The molecule has 2 rings (SSSR count). The number of benzene rings is 1. The molecule has 0 unspecified atom stereocenters. The third-order valence-electron chi connectivity index (χ3n) is 2.82. The molecular weight excluding hydrogens is 344 g/mol. The molecule has 0 saturated heterocycles. The van der Waals surface area contributed by atoms with Gasteiger partial charge in [0.2, 0.25) is 0 Å². The zero-order chi connectivity index (χ0) is 15.1. The molecule has 0 atom stereocenters. The molecule has 1 N–H and O–H groups in total. The van der Waals surface area contributed by atoms with Crippen molar-refractivity contribution in [3.05, 3.63) is 45.1 Å². The highest BCUT2D eigenvalue weighted by molar-refractivity contribution is 9.10. The van der Waals surface area contributed by atoms with Crippen molar-refractivity contribution in [2.75, 3.05) is 0 Å². The Kier molecular flexibility index (Phi) is 3.93. The SMILES string of the molecule is CC(C)(C)c1c(Cl)c(C(=O)O)nn1-c1ccccc1Br. The van der Waals surface area contributed by atoms with E-state index in [9.17, 15) is 9.90 Å². The van der Waals surface area contributed by atoms with E-state index in [4.69, 9.17) is 11.6 Å². The zero-order valence-corrected chi connectivity index (χ0v) is 13.7. The summed E-state index contributed by atoms with van der Waals surface area (Å²) >= 11 is 9.69. The quantitative estimate of drug-likeness (QED) is 0.872. The molecule has 0 spiro atoms. The van der Waals surface area contributed by atoms with Gasteiger partial charge in [-0.05, 0) is 28.1 Å². The van der Waals surface area contributed by atoms with Crippen LogP contribution in [0, 0.1) is 0 Å². The first-order valence-corrected chi connectivity index (χ1v) is 7.17. The Bertz CT molecular complexity index is 674. The van der Waals surface area contributed by atoms with Crippen molar-refractivity contribution in [2.45, 2.75) is 26.2 Å². The second-order valence-electron chi connectivity index (χ2n) is 5.43. The van der Waals surface area contributed by atoms with Gasteiger partial charge in [-0.1, -0.05) is 44.5 Å². The van der Waals surface area contributed by atoms with Gasteiger partial charge in [0.05, 0.1) is 16.4 Å². The highest BCUT2D eigenvalue weighted by Gasteiger charge is 2.30. The predicted molar refractivity (Wildman–Crippen MR) is 81.9 cm³/mol. The molecule has 0 saturated carbocycles. The first kappa shape index (κ1) is 15.1. The molecule has 6 heteroatoms.